The van der Waals surface area contributed by atoms with E-state index in [4.69, 9.17) is 0 Å². The molecule has 0 amide bonds. The summed E-state index contributed by atoms with van der Waals surface area (Å²) in [6, 6.07) is 59.0. The maximum atomic E-state index is 3.95. The molecule has 0 unspecified atom stereocenters. The molecule has 0 spiro atoms. The van der Waals surface area contributed by atoms with Crippen LogP contribution in [-0.2, 0) is 10.8 Å². The molecule has 10 rings (SSSR count). The Kier molecular flexibility index (Phi) is 6.46. The van der Waals surface area contributed by atoms with Crippen LogP contribution in [0.5, 0.6) is 0 Å². The summed E-state index contributed by atoms with van der Waals surface area (Å²) in [5.41, 5.74) is 12.1. The van der Waals surface area contributed by atoms with E-state index < -0.39 is 10.8 Å². The predicted molar refractivity (Wildman–Crippen MR) is 210 cm³/mol. The van der Waals surface area contributed by atoms with Crippen LogP contribution in [0.15, 0.2) is 165 Å². The van der Waals surface area contributed by atoms with Crippen LogP contribution in [0.1, 0.15) is 44.5 Å². The number of hydrogen-bond donors (Lipinski definition) is 0. The zero-order valence-electron chi connectivity index (χ0n) is 25.6. The molecule has 228 valence electrons. The van der Waals surface area contributed by atoms with E-state index in [0.29, 0.717) is 0 Å². The zero-order chi connectivity index (χ0) is 32.0. The molecule has 0 radical (unpaired) electrons. The van der Waals surface area contributed by atoms with Gasteiger partial charge in [0, 0.05) is 20.9 Å². The van der Waals surface area contributed by atoms with Crippen LogP contribution < -0.4 is 0 Å². The molecular formula is C44H26Br2S2. The Labute approximate surface area is 304 Å². The maximum absolute atomic E-state index is 3.95. The van der Waals surface area contributed by atoms with Crippen LogP contribution in [0.4, 0.5) is 0 Å². The van der Waals surface area contributed by atoms with Crippen molar-refractivity contribution in [3.8, 4) is 20.9 Å². The molecule has 2 heterocycles. The summed E-state index contributed by atoms with van der Waals surface area (Å²) in [4.78, 5) is 2.66. The third-order valence-electron chi connectivity index (χ3n) is 10.5. The van der Waals surface area contributed by atoms with Crippen LogP contribution in [0.2, 0.25) is 0 Å². The van der Waals surface area contributed by atoms with E-state index in [0.717, 1.165) is 7.57 Å². The van der Waals surface area contributed by atoms with E-state index in [1.54, 1.807) is 0 Å². The summed E-state index contributed by atoms with van der Waals surface area (Å²) in [5.74, 6) is 0. The van der Waals surface area contributed by atoms with Crippen molar-refractivity contribution in [2.24, 2.45) is 0 Å². The van der Waals surface area contributed by atoms with Gasteiger partial charge in [0.05, 0.1) is 18.4 Å². The van der Waals surface area contributed by atoms with Crippen LogP contribution in [-0.4, -0.2) is 0 Å². The van der Waals surface area contributed by atoms with Crippen molar-refractivity contribution >= 4 is 65.3 Å². The molecule has 8 aromatic rings. The summed E-state index contributed by atoms with van der Waals surface area (Å²) < 4.78 is 2.29. The maximum Gasteiger partial charge on any atom is 0.0722 e. The molecule has 0 atom stereocenters. The van der Waals surface area contributed by atoms with E-state index in [1.165, 1.54) is 76.2 Å². The Morgan fingerprint density at radius 2 is 0.667 bits per heavy atom. The second kappa shape index (κ2) is 10.7. The van der Waals surface area contributed by atoms with Crippen molar-refractivity contribution in [2.45, 2.75) is 10.8 Å². The second-order valence-corrected chi connectivity index (χ2v) is 17.5. The number of benzene rings is 6. The smallest absolute Gasteiger partial charge is 0.0722 e. The standard InChI is InChI=1S/C44H26Br2S2/c45-37-25-35-41(47-37)31-22-24-34-40-32(21-23-33(39(31)40)43(35,27-13-5-1-6-14-27)28-15-7-2-8-16-28)42-36(26-38(46)48-42)44(34,29-17-9-3-10-18-29)30-19-11-4-12-20-30/h1-26H. The molecule has 0 N–H and O–H groups in total. The van der Waals surface area contributed by atoms with Crippen molar-refractivity contribution in [1.82, 2.24) is 0 Å². The normalized spacial score (nSPS) is 14.8. The quantitative estimate of drug-likeness (QED) is 0.167. The molecule has 0 nitrogen and oxygen atoms in total. The van der Waals surface area contributed by atoms with E-state index >= 15 is 0 Å². The second-order valence-electron chi connectivity index (χ2n) is 12.6. The summed E-state index contributed by atoms with van der Waals surface area (Å²) in [6.07, 6.45) is 0. The Morgan fingerprint density at radius 1 is 0.354 bits per heavy atom. The minimum atomic E-state index is -0.497. The minimum absolute atomic E-state index is 0.497. The first kappa shape index (κ1) is 28.9. The van der Waals surface area contributed by atoms with Gasteiger partial charge in [0.1, 0.15) is 0 Å². The molecule has 0 saturated heterocycles. The first-order valence-electron chi connectivity index (χ1n) is 16.1. The first-order valence-corrected chi connectivity index (χ1v) is 19.3. The molecule has 48 heavy (non-hydrogen) atoms. The van der Waals surface area contributed by atoms with Gasteiger partial charge >= 0.3 is 0 Å². The summed E-state index contributed by atoms with van der Waals surface area (Å²) in [5, 5.41) is 2.71. The lowest BCUT2D eigenvalue weighted by Gasteiger charge is -2.44. The lowest BCUT2D eigenvalue weighted by atomic mass is 9.57. The molecule has 0 fully saturated rings. The van der Waals surface area contributed by atoms with Gasteiger partial charge in [-0.25, -0.2) is 0 Å². The number of rotatable bonds is 4. The van der Waals surface area contributed by atoms with Crippen molar-refractivity contribution in [2.75, 3.05) is 0 Å². The molecule has 6 aromatic carbocycles. The van der Waals surface area contributed by atoms with E-state index in [9.17, 15) is 0 Å². The van der Waals surface area contributed by atoms with Crippen molar-refractivity contribution in [1.29, 1.82) is 0 Å². The average molecular weight is 779 g/mol. The van der Waals surface area contributed by atoms with Gasteiger partial charge in [-0.15, -0.1) is 22.7 Å². The van der Waals surface area contributed by atoms with Gasteiger partial charge < -0.3 is 0 Å². The fourth-order valence-electron chi connectivity index (χ4n) is 8.80. The highest BCUT2D eigenvalue weighted by molar-refractivity contribution is 9.11. The van der Waals surface area contributed by atoms with E-state index in [2.05, 4.69) is 190 Å². The van der Waals surface area contributed by atoms with Crippen LogP contribution >= 0.6 is 54.5 Å². The van der Waals surface area contributed by atoms with Crippen LogP contribution in [0, 0.1) is 0 Å². The number of thiophene rings is 2. The highest BCUT2D eigenvalue weighted by Crippen LogP contribution is 2.64. The van der Waals surface area contributed by atoms with Gasteiger partial charge in [0.2, 0.25) is 0 Å². The fourth-order valence-corrected chi connectivity index (χ4v) is 12.2. The lowest BCUT2D eigenvalue weighted by molar-refractivity contribution is 0.744. The highest BCUT2D eigenvalue weighted by Gasteiger charge is 2.50. The molecule has 2 aliphatic carbocycles. The van der Waals surface area contributed by atoms with Gasteiger partial charge in [-0.3, -0.25) is 0 Å². The monoisotopic (exact) mass is 776 g/mol. The van der Waals surface area contributed by atoms with Gasteiger partial charge in [-0.1, -0.05) is 146 Å². The van der Waals surface area contributed by atoms with Gasteiger partial charge in [0.25, 0.3) is 0 Å². The lowest BCUT2D eigenvalue weighted by Crippen LogP contribution is -2.35. The van der Waals surface area contributed by atoms with E-state index in [-0.39, 0.29) is 0 Å². The van der Waals surface area contributed by atoms with Gasteiger partial charge in [-0.2, -0.15) is 0 Å². The van der Waals surface area contributed by atoms with Crippen LogP contribution in [0.3, 0.4) is 0 Å². The number of halogens is 2. The predicted octanol–water partition coefficient (Wildman–Crippen LogP) is 13.2. The molecule has 0 aliphatic heterocycles. The molecule has 2 aliphatic rings. The first-order chi connectivity index (χ1) is 23.6. The average Bonchev–Trinajstić information content (AvgIpc) is 3.74. The van der Waals surface area contributed by atoms with Crippen molar-refractivity contribution in [3.63, 3.8) is 0 Å². The fraction of sp³-hybridized carbons (Fsp3) is 0.0455. The van der Waals surface area contributed by atoms with Crippen molar-refractivity contribution in [3.05, 3.63) is 210 Å². The summed E-state index contributed by atoms with van der Waals surface area (Å²) in [6.45, 7) is 0. The van der Waals surface area contributed by atoms with E-state index in [1.807, 2.05) is 22.7 Å². The SMILES string of the molecule is Brc1cc2c(s1)-c1ccc3c4c(ccc(c14)C2(c1ccccc1)c1ccccc1)-c1sc(Br)cc1C3(c1ccccc1)c1ccccc1. The number of fused-ring (bicyclic) bond motifs is 4. The highest BCUT2D eigenvalue weighted by atomic mass is 79.9. The van der Waals surface area contributed by atoms with Crippen molar-refractivity contribution < 1.29 is 0 Å². The zero-order valence-corrected chi connectivity index (χ0v) is 30.4. The van der Waals surface area contributed by atoms with Gasteiger partial charge in [-0.05, 0) is 99.3 Å². The van der Waals surface area contributed by atoms with Crippen LogP contribution in [0.25, 0.3) is 31.7 Å². The largest absolute Gasteiger partial charge is 0.128 e. The Balaban J connectivity index is 1.45. The minimum Gasteiger partial charge on any atom is -0.128 e. The number of hydrogen-bond acceptors (Lipinski definition) is 2. The molecular weight excluding hydrogens is 752 g/mol. The topological polar surface area (TPSA) is 0 Å². The summed E-state index contributed by atoms with van der Waals surface area (Å²) >= 11 is 11.6. The molecule has 0 saturated carbocycles. The third-order valence-corrected chi connectivity index (χ3v) is 13.8. The molecule has 4 heteroatoms. The van der Waals surface area contributed by atoms with Gasteiger partial charge in [0.15, 0.2) is 0 Å². The Morgan fingerprint density at radius 3 is 0.979 bits per heavy atom. The Bertz CT molecular complexity index is 2260. The molecule has 0 bridgehead atoms. The molecule has 2 aromatic heterocycles. The summed E-state index contributed by atoms with van der Waals surface area (Å²) in [7, 11) is 0. The Hall–Kier alpha value is -4.06. The third kappa shape index (κ3) is 3.69.